The van der Waals surface area contributed by atoms with Crippen LogP contribution in [0.1, 0.15) is 30.1 Å². The second-order valence-corrected chi connectivity index (χ2v) is 5.91. The number of nitrogens with zero attached hydrogens (tertiary/aromatic N) is 2. The Hall–Kier alpha value is -1.17. The van der Waals surface area contributed by atoms with Crippen LogP contribution in [0.4, 0.5) is 0 Å². The van der Waals surface area contributed by atoms with Crippen LogP contribution in [0, 0.1) is 0 Å². The van der Waals surface area contributed by atoms with Crippen LogP contribution in [0.3, 0.4) is 0 Å². The first kappa shape index (κ1) is 14.8. The standard InChI is InChI=1S/C16H25N3O2/c1-17-14-3-2-4-15-13(14)5-6-16(20)19(15)8-7-18-9-11-21-12-10-18/h5-6,14,17H,2-4,7-12H2,1H3. The monoisotopic (exact) mass is 291 g/mol. The van der Waals surface area contributed by atoms with Crippen LogP contribution in [0.5, 0.6) is 0 Å². The lowest BCUT2D eigenvalue weighted by Gasteiger charge is -2.30. The molecule has 0 amide bonds. The topological polar surface area (TPSA) is 46.5 Å². The van der Waals surface area contributed by atoms with Gasteiger partial charge in [-0.3, -0.25) is 9.69 Å². The average Bonchev–Trinajstić information content (AvgIpc) is 2.54. The van der Waals surface area contributed by atoms with Crippen molar-refractivity contribution in [2.24, 2.45) is 0 Å². The van der Waals surface area contributed by atoms with E-state index in [1.165, 1.54) is 11.3 Å². The van der Waals surface area contributed by atoms with Crippen molar-refractivity contribution in [2.75, 3.05) is 39.9 Å². The number of aromatic nitrogens is 1. The Morgan fingerprint density at radius 3 is 2.86 bits per heavy atom. The summed E-state index contributed by atoms with van der Waals surface area (Å²) in [6.45, 7) is 5.29. The first-order valence-corrected chi connectivity index (χ1v) is 7.99. The molecule has 0 aromatic carbocycles. The van der Waals surface area contributed by atoms with Crippen molar-refractivity contribution in [1.29, 1.82) is 0 Å². The zero-order chi connectivity index (χ0) is 14.7. The molecule has 2 aliphatic rings. The largest absolute Gasteiger partial charge is 0.379 e. The Labute approximate surface area is 125 Å². The number of rotatable bonds is 4. The van der Waals surface area contributed by atoms with Gasteiger partial charge in [0.25, 0.3) is 5.56 Å². The number of nitrogens with one attached hydrogen (secondary N) is 1. The highest BCUT2D eigenvalue weighted by Gasteiger charge is 2.22. The molecule has 5 heteroatoms. The smallest absolute Gasteiger partial charge is 0.250 e. The van der Waals surface area contributed by atoms with Crippen LogP contribution in [0.2, 0.25) is 0 Å². The second kappa shape index (κ2) is 6.73. The molecule has 0 bridgehead atoms. The normalized spacial score (nSPS) is 23.0. The van der Waals surface area contributed by atoms with E-state index in [-0.39, 0.29) is 5.56 Å². The molecule has 1 saturated heterocycles. The first-order chi connectivity index (χ1) is 10.3. The van der Waals surface area contributed by atoms with Crippen LogP contribution in [0.15, 0.2) is 16.9 Å². The fourth-order valence-corrected chi connectivity index (χ4v) is 3.47. The molecule has 5 nitrogen and oxygen atoms in total. The minimum absolute atomic E-state index is 0.138. The van der Waals surface area contributed by atoms with Crippen molar-refractivity contribution in [3.63, 3.8) is 0 Å². The van der Waals surface area contributed by atoms with Gasteiger partial charge in [0.15, 0.2) is 0 Å². The van der Waals surface area contributed by atoms with Gasteiger partial charge in [0, 0.05) is 44.0 Å². The predicted octanol–water partition coefficient (Wildman–Crippen LogP) is 0.777. The molecule has 1 aromatic rings. The van der Waals surface area contributed by atoms with E-state index in [4.69, 9.17) is 4.74 Å². The summed E-state index contributed by atoms with van der Waals surface area (Å²) in [6.07, 6.45) is 3.33. The molecule has 21 heavy (non-hydrogen) atoms. The molecule has 1 aromatic heterocycles. The summed E-state index contributed by atoms with van der Waals surface area (Å²) in [4.78, 5) is 14.6. The average molecular weight is 291 g/mol. The van der Waals surface area contributed by atoms with E-state index in [0.717, 1.165) is 58.7 Å². The molecular weight excluding hydrogens is 266 g/mol. The van der Waals surface area contributed by atoms with E-state index in [1.54, 1.807) is 6.07 Å². The van der Waals surface area contributed by atoms with E-state index in [0.29, 0.717) is 6.04 Å². The zero-order valence-corrected chi connectivity index (χ0v) is 12.8. The van der Waals surface area contributed by atoms with Crippen LogP contribution in [0.25, 0.3) is 0 Å². The third kappa shape index (κ3) is 3.20. The minimum Gasteiger partial charge on any atom is -0.379 e. The molecular formula is C16H25N3O2. The molecule has 1 N–H and O–H groups in total. The molecule has 116 valence electrons. The van der Waals surface area contributed by atoms with Gasteiger partial charge in [0.2, 0.25) is 0 Å². The quantitative estimate of drug-likeness (QED) is 0.890. The van der Waals surface area contributed by atoms with Gasteiger partial charge >= 0.3 is 0 Å². The van der Waals surface area contributed by atoms with Crippen LogP contribution < -0.4 is 10.9 Å². The number of hydrogen-bond acceptors (Lipinski definition) is 4. The summed E-state index contributed by atoms with van der Waals surface area (Å²) in [5.41, 5.74) is 2.69. The maximum absolute atomic E-state index is 12.3. The summed E-state index contributed by atoms with van der Waals surface area (Å²) in [5, 5.41) is 3.37. The molecule has 0 radical (unpaired) electrons. The van der Waals surface area contributed by atoms with Crippen molar-refractivity contribution < 1.29 is 4.74 Å². The number of fused-ring (bicyclic) bond motifs is 1. The molecule has 1 aliphatic carbocycles. The van der Waals surface area contributed by atoms with E-state index in [9.17, 15) is 4.79 Å². The van der Waals surface area contributed by atoms with Crippen molar-refractivity contribution in [2.45, 2.75) is 31.8 Å². The maximum atomic E-state index is 12.3. The lowest BCUT2D eigenvalue weighted by atomic mass is 9.91. The van der Waals surface area contributed by atoms with Gasteiger partial charge in [0.1, 0.15) is 0 Å². The van der Waals surface area contributed by atoms with Gasteiger partial charge in [-0.1, -0.05) is 6.07 Å². The molecule has 1 aliphatic heterocycles. The first-order valence-electron chi connectivity index (χ1n) is 7.99. The summed E-state index contributed by atoms with van der Waals surface area (Å²) in [6, 6.07) is 4.14. The summed E-state index contributed by atoms with van der Waals surface area (Å²) >= 11 is 0. The predicted molar refractivity (Wildman–Crippen MR) is 82.7 cm³/mol. The number of hydrogen-bond donors (Lipinski definition) is 1. The number of ether oxygens (including phenoxy) is 1. The molecule has 0 spiro atoms. The van der Waals surface area contributed by atoms with Gasteiger partial charge in [-0.05, 0) is 31.9 Å². The van der Waals surface area contributed by atoms with Gasteiger partial charge in [-0.15, -0.1) is 0 Å². The molecule has 1 unspecified atom stereocenters. The highest BCUT2D eigenvalue weighted by molar-refractivity contribution is 5.27. The Morgan fingerprint density at radius 2 is 2.10 bits per heavy atom. The fourth-order valence-electron chi connectivity index (χ4n) is 3.47. The van der Waals surface area contributed by atoms with Crippen LogP contribution >= 0.6 is 0 Å². The molecule has 3 rings (SSSR count). The summed E-state index contributed by atoms with van der Waals surface area (Å²) < 4.78 is 7.37. The van der Waals surface area contributed by atoms with Gasteiger partial charge in [-0.2, -0.15) is 0 Å². The van der Waals surface area contributed by atoms with Crippen molar-refractivity contribution in [1.82, 2.24) is 14.8 Å². The van der Waals surface area contributed by atoms with E-state index in [2.05, 4.69) is 10.2 Å². The molecule has 1 fully saturated rings. The molecule has 0 saturated carbocycles. The van der Waals surface area contributed by atoms with Gasteiger partial charge < -0.3 is 14.6 Å². The van der Waals surface area contributed by atoms with Crippen molar-refractivity contribution in [3.05, 3.63) is 33.7 Å². The third-order valence-corrected chi connectivity index (χ3v) is 4.70. The van der Waals surface area contributed by atoms with Crippen molar-refractivity contribution >= 4 is 0 Å². The van der Waals surface area contributed by atoms with Crippen molar-refractivity contribution in [3.8, 4) is 0 Å². The second-order valence-electron chi connectivity index (χ2n) is 5.91. The third-order valence-electron chi connectivity index (χ3n) is 4.70. The number of pyridine rings is 1. The summed E-state index contributed by atoms with van der Waals surface area (Å²) in [7, 11) is 2.00. The fraction of sp³-hybridized carbons (Fsp3) is 0.688. The highest BCUT2D eigenvalue weighted by Crippen LogP contribution is 2.28. The van der Waals surface area contributed by atoms with Crippen LogP contribution in [-0.4, -0.2) is 49.4 Å². The van der Waals surface area contributed by atoms with Gasteiger partial charge in [-0.25, -0.2) is 0 Å². The Morgan fingerprint density at radius 1 is 1.29 bits per heavy atom. The lowest BCUT2D eigenvalue weighted by Crippen LogP contribution is -2.40. The van der Waals surface area contributed by atoms with E-state index >= 15 is 0 Å². The zero-order valence-electron chi connectivity index (χ0n) is 12.8. The Kier molecular flexibility index (Phi) is 4.73. The lowest BCUT2D eigenvalue weighted by molar-refractivity contribution is 0.0361. The molecule has 2 heterocycles. The minimum atomic E-state index is 0.138. The highest BCUT2D eigenvalue weighted by atomic mass is 16.5. The Balaban J connectivity index is 1.79. The maximum Gasteiger partial charge on any atom is 0.250 e. The Bertz CT molecular complexity index is 535. The number of morpholine rings is 1. The van der Waals surface area contributed by atoms with Crippen LogP contribution in [-0.2, 0) is 17.7 Å². The SMILES string of the molecule is CNC1CCCc2c1ccc(=O)n2CCN1CCOCC1. The van der Waals surface area contributed by atoms with E-state index < -0.39 is 0 Å². The van der Waals surface area contributed by atoms with E-state index in [1.807, 2.05) is 17.7 Å². The summed E-state index contributed by atoms with van der Waals surface area (Å²) in [5.74, 6) is 0. The van der Waals surface area contributed by atoms with Gasteiger partial charge in [0.05, 0.1) is 13.2 Å². The molecule has 1 atom stereocenters.